The Balaban J connectivity index is 1.97. The lowest BCUT2D eigenvalue weighted by Crippen LogP contribution is -2.25. The van der Waals surface area contributed by atoms with Crippen molar-refractivity contribution in [1.82, 2.24) is 4.90 Å². The van der Waals surface area contributed by atoms with Crippen LogP contribution in [0.3, 0.4) is 0 Å². The SMILES string of the molecule is CN(CC(=O)c1ccccc1Br)Cc1ccsc1. The van der Waals surface area contributed by atoms with E-state index in [2.05, 4.69) is 32.8 Å². The Kier molecular flexibility index (Phi) is 4.69. The Morgan fingerprint density at radius 2 is 2.11 bits per heavy atom. The van der Waals surface area contributed by atoms with Crippen LogP contribution >= 0.6 is 27.3 Å². The van der Waals surface area contributed by atoms with E-state index in [1.54, 1.807) is 11.3 Å². The van der Waals surface area contributed by atoms with Gasteiger partial charge < -0.3 is 0 Å². The zero-order chi connectivity index (χ0) is 13.0. The number of thiophene rings is 1. The van der Waals surface area contributed by atoms with Gasteiger partial charge in [0.05, 0.1) is 6.54 Å². The molecule has 0 spiro atoms. The molecule has 0 saturated carbocycles. The molecule has 0 aliphatic rings. The molecule has 0 aliphatic carbocycles. The van der Waals surface area contributed by atoms with Crippen LogP contribution in [-0.2, 0) is 6.54 Å². The third-order valence-corrected chi connectivity index (χ3v) is 4.04. The molecule has 1 aromatic carbocycles. The number of carbonyl (C=O) groups excluding carboxylic acids is 1. The largest absolute Gasteiger partial charge is 0.295 e. The van der Waals surface area contributed by atoms with E-state index in [4.69, 9.17) is 0 Å². The lowest BCUT2D eigenvalue weighted by atomic mass is 10.1. The maximum atomic E-state index is 12.1. The highest BCUT2D eigenvalue weighted by atomic mass is 79.9. The lowest BCUT2D eigenvalue weighted by Gasteiger charge is -2.15. The van der Waals surface area contributed by atoms with Crippen molar-refractivity contribution in [3.05, 3.63) is 56.7 Å². The first kappa shape index (κ1) is 13.5. The van der Waals surface area contributed by atoms with Crippen LogP contribution in [0.2, 0.25) is 0 Å². The maximum Gasteiger partial charge on any atom is 0.177 e. The number of hydrogen-bond donors (Lipinski definition) is 0. The minimum absolute atomic E-state index is 0.139. The molecule has 0 bridgehead atoms. The van der Waals surface area contributed by atoms with Crippen LogP contribution in [0.25, 0.3) is 0 Å². The van der Waals surface area contributed by atoms with Crippen molar-refractivity contribution in [1.29, 1.82) is 0 Å². The van der Waals surface area contributed by atoms with Crippen molar-refractivity contribution in [2.24, 2.45) is 0 Å². The van der Waals surface area contributed by atoms with Gasteiger partial charge in [0, 0.05) is 16.6 Å². The molecule has 0 amide bonds. The minimum Gasteiger partial charge on any atom is -0.295 e. The number of likely N-dealkylation sites (N-methyl/N-ethyl adjacent to an activating group) is 1. The van der Waals surface area contributed by atoms with Gasteiger partial charge in [-0.2, -0.15) is 11.3 Å². The first-order chi connectivity index (χ1) is 8.66. The molecule has 4 heteroatoms. The van der Waals surface area contributed by atoms with E-state index in [0.717, 1.165) is 16.6 Å². The molecule has 94 valence electrons. The van der Waals surface area contributed by atoms with E-state index in [1.807, 2.05) is 36.2 Å². The second-order valence-electron chi connectivity index (χ2n) is 4.21. The van der Waals surface area contributed by atoms with Crippen LogP contribution in [0.15, 0.2) is 45.6 Å². The summed E-state index contributed by atoms with van der Waals surface area (Å²) < 4.78 is 0.860. The van der Waals surface area contributed by atoms with Gasteiger partial charge in [0.1, 0.15) is 0 Å². The number of carbonyl (C=O) groups is 1. The van der Waals surface area contributed by atoms with E-state index >= 15 is 0 Å². The second kappa shape index (κ2) is 6.27. The molecular formula is C14H14BrNOS. The summed E-state index contributed by atoms with van der Waals surface area (Å²) in [5, 5.41) is 4.16. The van der Waals surface area contributed by atoms with E-state index in [0.29, 0.717) is 6.54 Å². The van der Waals surface area contributed by atoms with Gasteiger partial charge in [-0.25, -0.2) is 0 Å². The number of ketones is 1. The van der Waals surface area contributed by atoms with Gasteiger partial charge in [0.2, 0.25) is 0 Å². The Labute approximate surface area is 119 Å². The Morgan fingerprint density at radius 1 is 1.33 bits per heavy atom. The smallest absolute Gasteiger partial charge is 0.177 e. The zero-order valence-corrected chi connectivity index (χ0v) is 12.5. The van der Waals surface area contributed by atoms with Crippen LogP contribution in [0.5, 0.6) is 0 Å². The third-order valence-electron chi connectivity index (χ3n) is 2.62. The summed E-state index contributed by atoms with van der Waals surface area (Å²) in [6, 6.07) is 9.63. The molecule has 0 fully saturated rings. The van der Waals surface area contributed by atoms with E-state index in [-0.39, 0.29) is 5.78 Å². The Hall–Kier alpha value is -0.970. The fraction of sp³-hybridized carbons (Fsp3) is 0.214. The van der Waals surface area contributed by atoms with Gasteiger partial charge in [0.15, 0.2) is 5.78 Å². The van der Waals surface area contributed by atoms with E-state index in [1.165, 1.54) is 5.56 Å². The molecule has 0 radical (unpaired) electrons. The highest BCUT2D eigenvalue weighted by Crippen LogP contribution is 2.17. The quantitative estimate of drug-likeness (QED) is 0.779. The van der Waals surface area contributed by atoms with Crippen LogP contribution in [0.4, 0.5) is 0 Å². The topological polar surface area (TPSA) is 20.3 Å². The van der Waals surface area contributed by atoms with Crippen LogP contribution in [0.1, 0.15) is 15.9 Å². The van der Waals surface area contributed by atoms with Crippen molar-refractivity contribution in [2.75, 3.05) is 13.6 Å². The number of halogens is 1. The fourth-order valence-corrected chi connectivity index (χ4v) is 2.93. The Morgan fingerprint density at radius 3 is 2.78 bits per heavy atom. The minimum atomic E-state index is 0.139. The standard InChI is InChI=1S/C14H14BrNOS/c1-16(8-11-6-7-18-10-11)9-14(17)12-4-2-3-5-13(12)15/h2-7,10H,8-9H2,1H3. The second-order valence-corrected chi connectivity index (χ2v) is 5.84. The summed E-state index contributed by atoms with van der Waals surface area (Å²) in [4.78, 5) is 14.2. The van der Waals surface area contributed by atoms with Gasteiger partial charge in [-0.05, 0) is 35.5 Å². The molecule has 0 unspecified atom stereocenters. The molecule has 2 rings (SSSR count). The molecule has 2 aromatic rings. The molecule has 0 N–H and O–H groups in total. The highest BCUT2D eigenvalue weighted by molar-refractivity contribution is 9.10. The monoisotopic (exact) mass is 323 g/mol. The summed E-state index contributed by atoms with van der Waals surface area (Å²) >= 11 is 5.09. The molecule has 18 heavy (non-hydrogen) atoms. The van der Waals surface area contributed by atoms with Gasteiger partial charge in [-0.1, -0.05) is 34.1 Å². The van der Waals surface area contributed by atoms with Crippen molar-refractivity contribution in [3.63, 3.8) is 0 Å². The van der Waals surface area contributed by atoms with E-state index < -0.39 is 0 Å². The van der Waals surface area contributed by atoms with Crippen molar-refractivity contribution in [2.45, 2.75) is 6.54 Å². The lowest BCUT2D eigenvalue weighted by molar-refractivity contribution is 0.0942. The predicted molar refractivity (Wildman–Crippen MR) is 79.1 cm³/mol. The zero-order valence-electron chi connectivity index (χ0n) is 10.1. The van der Waals surface area contributed by atoms with Crippen LogP contribution in [-0.4, -0.2) is 24.3 Å². The fourth-order valence-electron chi connectivity index (χ4n) is 1.77. The number of Topliss-reactive ketones (excluding diaryl/α,β-unsaturated/α-hetero) is 1. The molecule has 0 atom stereocenters. The average molecular weight is 324 g/mol. The highest BCUT2D eigenvalue weighted by Gasteiger charge is 2.12. The maximum absolute atomic E-state index is 12.1. The summed E-state index contributed by atoms with van der Waals surface area (Å²) in [6.07, 6.45) is 0. The van der Waals surface area contributed by atoms with E-state index in [9.17, 15) is 4.79 Å². The van der Waals surface area contributed by atoms with Gasteiger partial charge in [0.25, 0.3) is 0 Å². The first-order valence-electron chi connectivity index (χ1n) is 5.64. The van der Waals surface area contributed by atoms with Crippen molar-refractivity contribution in [3.8, 4) is 0 Å². The summed E-state index contributed by atoms with van der Waals surface area (Å²) in [6.45, 7) is 1.23. The van der Waals surface area contributed by atoms with Crippen LogP contribution in [0, 0.1) is 0 Å². The summed E-state index contributed by atoms with van der Waals surface area (Å²) in [5.74, 6) is 0.139. The summed E-state index contributed by atoms with van der Waals surface area (Å²) in [7, 11) is 1.96. The molecule has 1 heterocycles. The number of nitrogens with zero attached hydrogens (tertiary/aromatic N) is 1. The average Bonchev–Trinajstić information content (AvgIpc) is 2.82. The third kappa shape index (κ3) is 3.51. The van der Waals surface area contributed by atoms with Gasteiger partial charge in [-0.15, -0.1) is 0 Å². The molecule has 2 nitrogen and oxygen atoms in total. The summed E-state index contributed by atoms with van der Waals surface area (Å²) in [5.41, 5.74) is 2.00. The first-order valence-corrected chi connectivity index (χ1v) is 7.38. The molecule has 0 saturated heterocycles. The number of hydrogen-bond acceptors (Lipinski definition) is 3. The van der Waals surface area contributed by atoms with Crippen molar-refractivity contribution >= 4 is 33.0 Å². The Bertz CT molecular complexity index is 524. The molecule has 1 aromatic heterocycles. The molecule has 0 aliphatic heterocycles. The van der Waals surface area contributed by atoms with Gasteiger partial charge in [-0.3, -0.25) is 9.69 Å². The predicted octanol–water partition coefficient (Wildman–Crippen LogP) is 3.83. The van der Waals surface area contributed by atoms with Crippen molar-refractivity contribution < 1.29 is 4.79 Å². The van der Waals surface area contributed by atoms with Gasteiger partial charge >= 0.3 is 0 Å². The normalized spacial score (nSPS) is 10.8. The number of benzene rings is 1. The molecular weight excluding hydrogens is 310 g/mol. The number of rotatable bonds is 5. The van der Waals surface area contributed by atoms with Crippen LogP contribution < -0.4 is 0 Å².